The summed E-state index contributed by atoms with van der Waals surface area (Å²) in [6, 6.07) is 16.9. The van der Waals surface area contributed by atoms with Crippen LogP contribution in [0.3, 0.4) is 0 Å². The van der Waals surface area contributed by atoms with E-state index >= 15 is 0 Å². The number of anilines is 2. The predicted molar refractivity (Wildman–Crippen MR) is 110 cm³/mol. The highest BCUT2D eigenvalue weighted by atomic mass is 16.5. The van der Waals surface area contributed by atoms with Gasteiger partial charge in [-0.25, -0.2) is 4.68 Å². The van der Waals surface area contributed by atoms with Crippen LogP contribution < -0.4 is 20.9 Å². The number of ether oxygens (including phenoxy) is 1. The van der Waals surface area contributed by atoms with Crippen molar-refractivity contribution in [2.75, 3.05) is 17.7 Å². The molecule has 0 spiro atoms. The van der Waals surface area contributed by atoms with Gasteiger partial charge >= 0.3 is 0 Å². The van der Waals surface area contributed by atoms with Gasteiger partial charge in [0.15, 0.2) is 0 Å². The Labute approximate surface area is 167 Å². The second-order valence-electron chi connectivity index (χ2n) is 6.25. The summed E-state index contributed by atoms with van der Waals surface area (Å²) in [5, 5.41) is 9.64. The molecule has 0 atom stereocenters. The summed E-state index contributed by atoms with van der Waals surface area (Å²) in [5.41, 5.74) is 2.11. The van der Waals surface area contributed by atoms with E-state index in [9.17, 15) is 14.4 Å². The maximum absolute atomic E-state index is 12.3. The van der Waals surface area contributed by atoms with Crippen molar-refractivity contribution in [2.45, 2.75) is 13.5 Å². The fourth-order valence-electron chi connectivity index (χ4n) is 2.68. The van der Waals surface area contributed by atoms with E-state index in [0.29, 0.717) is 22.8 Å². The predicted octanol–water partition coefficient (Wildman–Crippen LogP) is 2.52. The maximum Gasteiger partial charge on any atom is 0.267 e. The quantitative estimate of drug-likeness (QED) is 0.671. The Kier molecular flexibility index (Phi) is 6.03. The minimum Gasteiger partial charge on any atom is -0.497 e. The Hall–Kier alpha value is -3.94. The van der Waals surface area contributed by atoms with Gasteiger partial charge in [0.2, 0.25) is 11.8 Å². The molecule has 0 aliphatic rings. The molecule has 0 saturated heterocycles. The van der Waals surface area contributed by atoms with E-state index in [1.54, 1.807) is 43.5 Å². The number of aromatic nitrogens is 2. The van der Waals surface area contributed by atoms with E-state index in [-0.39, 0.29) is 18.0 Å². The zero-order valence-electron chi connectivity index (χ0n) is 16.0. The second kappa shape index (κ2) is 8.83. The van der Waals surface area contributed by atoms with Crippen molar-refractivity contribution in [1.82, 2.24) is 9.78 Å². The van der Waals surface area contributed by atoms with Gasteiger partial charge in [0.05, 0.1) is 12.8 Å². The molecule has 0 radical (unpaired) electrons. The number of rotatable bonds is 6. The molecule has 8 nitrogen and oxygen atoms in total. The first-order valence-electron chi connectivity index (χ1n) is 8.85. The molecule has 0 aliphatic carbocycles. The average Bonchev–Trinajstić information content (AvgIpc) is 2.71. The lowest BCUT2D eigenvalue weighted by atomic mass is 10.1. The lowest BCUT2D eigenvalue weighted by Gasteiger charge is -2.09. The lowest BCUT2D eigenvalue weighted by Crippen LogP contribution is -2.29. The largest absolute Gasteiger partial charge is 0.497 e. The van der Waals surface area contributed by atoms with Gasteiger partial charge in [-0.2, -0.15) is 5.10 Å². The normalized spacial score (nSPS) is 10.3. The molecule has 1 aromatic heterocycles. The second-order valence-corrected chi connectivity index (χ2v) is 6.25. The third-order valence-electron chi connectivity index (χ3n) is 4.01. The number of nitrogens with one attached hydrogen (secondary N) is 2. The molecular weight excluding hydrogens is 372 g/mol. The lowest BCUT2D eigenvalue weighted by molar-refractivity contribution is -0.117. The summed E-state index contributed by atoms with van der Waals surface area (Å²) in [6.45, 7) is 1.18. The van der Waals surface area contributed by atoms with Crippen molar-refractivity contribution in [2.24, 2.45) is 0 Å². The van der Waals surface area contributed by atoms with Gasteiger partial charge in [-0.15, -0.1) is 0 Å². The third-order valence-corrected chi connectivity index (χ3v) is 4.01. The van der Waals surface area contributed by atoms with E-state index in [2.05, 4.69) is 15.7 Å². The van der Waals surface area contributed by atoms with Crippen LogP contribution in [0.2, 0.25) is 0 Å². The number of carbonyl (C=O) groups excluding carboxylic acids is 2. The molecule has 3 aromatic rings. The standard InChI is InChI=1S/C21H20N4O4/c1-14(26)22-16-6-8-17(9-7-16)23-20(27)13-25-21(28)11-10-19(24-25)15-4-3-5-18(12-15)29-2/h3-12H,13H2,1-2H3,(H,22,26)(H,23,27). The van der Waals surface area contributed by atoms with E-state index in [1.807, 2.05) is 18.2 Å². The van der Waals surface area contributed by atoms with Crippen molar-refractivity contribution >= 4 is 23.2 Å². The van der Waals surface area contributed by atoms with Crippen molar-refractivity contribution in [3.05, 3.63) is 71.0 Å². The van der Waals surface area contributed by atoms with Crippen LogP contribution in [0.4, 0.5) is 11.4 Å². The molecule has 2 aromatic carbocycles. The van der Waals surface area contributed by atoms with Crippen LogP contribution in [-0.4, -0.2) is 28.7 Å². The van der Waals surface area contributed by atoms with E-state index in [4.69, 9.17) is 4.74 Å². The van der Waals surface area contributed by atoms with Gasteiger partial charge in [0.25, 0.3) is 5.56 Å². The van der Waals surface area contributed by atoms with Crippen LogP contribution in [0.25, 0.3) is 11.3 Å². The van der Waals surface area contributed by atoms with Gasteiger partial charge in [0, 0.05) is 29.9 Å². The summed E-state index contributed by atoms with van der Waals surface area (Å²) < 4.78 is 6.31. The van der Waals surface area contributed by atoms with Crippen molar-refractivity contribution < 1.29 is 14.3 Å². The molecule has 0 saturated carbocycles. The van der Waals surface area contributed by atoms with Crippen LogP contribution in [0.5, 0.6) is 5.75 Å². The SMILES string of the molecule is COc1cccc(-c2ccc(=O)n(CC(=O)Nc3ccc(NC(C)=O)cc3)n2)c1. The summed E-state index contributed by atoms with van der Waals surface area (Å²) in [7, 11) is 1.57. The number of nitrogens with zero attached hydrogens (tertiary/aromatic N) is 2. The highest BCUT2D eigenvalue weighted by Crippen LogP contribution is 2.21. The minimum absolute atomic E-state index is 0.178. The van der Waals surface area contributed by atoms with Crippen LogP contribution in [0.15, 0.2) is 65.5 Å². The summed E-state index contributed by atoms with van der Waals surface area (Å²) in [6.07, 6.45) is 0. The summed E-state index contributed by atoms with van der Waals surface area (Å²) >= 11 is 0. The zero-order valence-corrected chi connectivity index (χ0v) is 16.0. The van der Waals surface area contributed by atoms with Gasteiger partial charge in [0.1, 0.15) is 12.3 Å². The minimum atomic E-state index is -0.394. The fourth-order valence-corrected chi connectivity index (χ4v) is 2.68. The first-order chi connectivity index (χ1) is 13.9. The molecular formula is C21H20N4O4. The summed E-state index contributed by atoms with van der Waals surface area (Å²) in [5.74, 6) is 0.0975. The van der Waals surface area contributed by atoms with Crippen LogP contribution in [-0.2, 0) is 16.1 Å². The Balaban J connectivity index is 1.73. The highest BCUT2D eigenvalue weighted by molar-refractivity contribution is 5.92. The van der Waals surface area contributed by atoms with Crippen LogP contribution in [0.1, 0.15) is 6.92 Å². The molecule has 8 heteroatoms. The molecule has 0 bridgehead atoms. The molecule has 3 rings (SSSR count). The number of amides is 2. The first-order valence-corrected chi connectivity index (χ1v) is 8.85. The monoisotopic (exact) mass is 392 g/mol. The number of methoxy groups -OCH3 is 1. The molecule has 1 heterocycles. The Morgan fingerprint density at radius 1 is 1.00 bits per heavy atom. The Morgan fingerprint density at radius 3 is 2.34 bits per heavy atom. The first kappa shape index (κ1) is 19.8. The number of benzene rings is 2. The Bertz CT molecular complexity index is 1090. The topological polar surface area (TPSA) is 102 Å². The van der Waals surface area contributed by atoms with Crippen molar-refractivity contribution in [3.8, 4) is 17.0 Å². The number of hydrogen-bond donors (Lipinski definition) is 2. The van der Waals surface area contributed by atoms with Gasteiger partial charge in [-0.05, 0) is 42.5 Å². The van der Waals surface area contributed by atoms with Gasteiger partial charge < -0.3 is 15.4 Å². The average molecular weight is 392 g/mol. The fraction of sp³-hybridized carbons (Fsp3) is 0.143. The van der Waals surface area contributed by atoms with E-state index in [1.165, 1.54) is 13.0 Å². The molecule has 148 valence electrons. The number of hydrogen-bond acceptors (Lipinski definition) is 5. The molecule has 2 amide bonds. The molecule has 0 aliphatic heterocycles. The smallest absolute Gasteiger partial charge is 0.267 e. The summed E-state index contributed by atoms with van der Waals surface area (Å²) in [4.78, 5) is 35.5. The Morgan fingerprint density at radius 2 is 1.69 bits per heavy atom. The van der Waals surface area contributed by atoms with Crippen molar-refractivity contribution in [3.63, 3.8) is 0 Å². The highest BCUT2D eigenvalue weighted by Gasteiger charge is 2.09. The molecule has 0 fully saturated rings. The van der Waals surface area contributed by atoms with Gasteiger partial charge in [-0.3, -0.25) is 14.4 Å². The van der Waals surface area contributed by atoms with E-state index < -0.39 is 5.91 Å². The number of carbonyl (C=O) groups is 2. The zero-order chi connectivity index (χ0) is 20.8. The molecule has 2 N–H and O–H groups in total. The van der Waals surface area contributed by atoms with E-state index in [0.717, 1.165) is 10.2 Å². The van der Waals surface area contributed by atoms with Crippen LogP contribution >= 0.6 is 0 Å². The third kappa shape index (κ3) is 5.29. The van der Waals surface area contributed by atoms with Gasteiger partial charge in [-0.1, -0.05) is 12.1 Å². The van der Waals surface area contributed by atoms with Crippen LogP contribution in [0, 0.1) is 0 Å². The molecule has 0 unspecified atom stereocenters. The molecule has 29 heavy (non-hydrogen) atoms. The van der Waals surface area contributed by atoms with Crippen molar-refractivity contribution in [1.29, 1.82) is 0 Å². The maximum atomic E-state index is 12.3.